The second-order valence-corrected chi connectivity index (χ2v) is 11.2. The third-order valence-electron chi connectivity index (χ3n) is 7.76. The normalized spacial score (nSPS) is 17.8. The highest BCUT2D eigenvalue weighted by atomic mass is 16.5. The molecule has 206 valence electrons. The fourth-order valence-corrected chi connectivity index (χ4v) is 5.64. The minimum absolute atomic E-state index is 0.0525. The monoisotopic (exact) mass is 540 g/mol. The molecule has 2 aromatic heterocycles. The topological polar surface area (TPSA) is 97.1 Å². The maximum absolute atomic E-state index is 13.7. The van der Waals surface area contributed by atoms with Crippen LogP contribution in [0.1, 0.15) is 60.7 Å². The van der Waals surface area contributed by atoms with Crippen molar-refractivity contribution in [1.82, 2.24) is 19.6 Å². The molecule has 1 atom stereocenters. The van der Waals surface area contributed by atoms with Crippen LogP contribution in [0.25, 0.3) is 5.65 Å². The highest BCUT2D eigenvalue weighted by Crippen LogP contribution is 2.51. The van der Waals surface area contributed by atoms with E-state index >= 15 is 0 Å². The number of ether oxygens (including phenoxy) is 4. The minimum Gasteiger partial charge on any atom is -0.493 e. The van der Waals surface area contributed by atoms with E-state index in [0.717, 1.165) is 22.4 Å². The second kappa shape index (κ2) is 9.66. The number of hydrogen-bond donors (Lipinski definition) is 0. The number of rotatable bonds is 6. The Morgan fingerprint density at radius 3 is 2.62 bits per heavy atom. The van der Waals surface area contributed by atoms with Crippen molar-refractivity contribution in [3.05, 3.63) is 82.1 Å². The SMILES string of the molecule is COc1ccc([C@H]2C3=C(CC(C)(C)CC3=O)Oc3ncn4nc(COc5cccc(C)c5C)nc4c32)cc1OC. The van der Waals surface area contributed by atoms with Gasteiger partial charge in [0.1, 0.15) is 24.4 Å². The Bertz CT molecular complexity index is 1690. The van der Waals surface area contributed by atoms with E-state index in [-0.39, 0.29) is 17.8 Å². The molecule has 40 heavy (non-hydrogen) atoms. The standard InChI is InChI=1S/C31H32N4O5/c1-17-8-7-9-21(18(17)2)39-15-25-33-29-28-26(19-10-11-22(37-5)23(12-19)38-6)27-20(36)13-31(3,4)14-24(27)40-30(28)32-16-35(29)34-25/h7-12,16,26H,13-15H2,1-6H3/t26-/m0/s1. The van der Waals surface area contributed by atoms with Gasteiger partial charge in [0.15, 0.2) is 28.8 Å². The number of aryl methyl sites for hydroxylation is 1. The average molecular weight is 541 g/mol. The molecule has 0 unspecified atom stereocenters. The molecule has 3 heterocycles. The smallest absolute Gasteiger partial charge is 0.228 e. The van der Waals surface area contributed by atoms with Crippen molar-refractivity contribution in [3.63, 3.8) is 0 Å². The Labute approximate surface area is 232 Å². The van der Waals surface area contributed by atoms with Crippen LogP contribution in [-0.2, 0) is 11.4 Å². The van der Waals surface area contributed by atoms with Crippen LogP contribution in [0.5, 0.6) is 23.1 Å². The molecule has 0 saturated heterocycles. The number of fused-ring (bicyclic) bond motifs is 3. The van der Waals surface area contributed by atoms with Gasteiger partial charge < -0.3 is 18.9 Å². The van der Waals surface area contributed by atoms with Gasteiger partial charge in [0, 0.05) is 18.4 Å². The molecule has 4 aromatic rings. The number of methoxy groups -OCH3 is 2. The van der Waals surface area contributed by atoms with Crippen LogP contribution >= 0.6 is 0 Å². The van der Waals surface area contributed by atoms with Gasteiger partial charge in [-0.1, -0.05) is 32.0 Å². The molecule has 0 fully saturated rings. The third-order valence-corrected chi connectivity index (χ3v) is 7.76. The zero-order valence-electron chi connectivity index (χ0n) is 23.6. The Morgan fingerprint density at radius 2 is 1.85 bits per heavy atom. The molecule has 2 aromatic carbocycles. The average Bonchev–Trinajstić information content (AvgIpc) is 3.35. The molecule has 1 aliphatic heterocycles. The van der Waals surface area contributed by atoms with Crippen LogP contribution in [0.15, 0.2) is 54.1 Å². The highest BCUT2D eigenvalue weighted by molar-refractivity contribution is 6.00. The third kappa shape index (κ3) is 4.35. The summed E-state index contributed by atoms with van der Waals surface area (Å²) in [6.07, 6.45) is 2.65. The zero-order chi connectivity index (χ0) is 28.2. The maximum atomic E-state index is 13.7. The van der Waals surface area contributed by atoms with Crippen molar-refractivity contribution in [2.45, 2.75) is 53.1 Å². The number of allylic oxidation sites excluding steroid dienone is 2. The van der Waals surface area contributed by atoms with Crippen LogP contribution < -0.4 is 18.9 Å². The summed E-state index contributed by atoms with van der Waals surface area (Å²) in [5, 5.41) is 4.64. The number of carbonyl (C=O) groups is 1. The van der Waals surface area contributed by atoms with Gasteiger partial charge in [-0.3, -0.25) is 4.79 Å². The van der Waals surface area contributed by atoms with Gasteiger partial charge in [0.25, 0.3) is 0 Å². The predicted molar refractivity (Wildman–Crippen MR) is 148 cm³/mol. The summed E-state index contributed by atoms with van der Waals surface area (Å²) >= 11 is 0. The Balaban J connectivity index is 1.48. The first-order valence-electron chi connectivity index (χ1n) is 13.3. The summed E-state index contributed by atoms with van der Waals surface area (Å²) in [5.41, 5.74) is 4.75. The van der Waals surface area contributed by atoms with E-state index in [9.17, 15) is 4.79 Å². The van der Waals surface area contributed by atoms with Crippen molar-refractivity contribution in [2.24, 2.45) is 5.41 Å². The number of ketones is 1. The summed E-state index contributed by atoms with van der Waals surface area (Å²) in [4.78, 5) is 23.2. The lowest BCUT2D eigenvalue weighted by molar-refractivity contribution is -0.118. The molecule has 0 N–H and O–H groups in total. The van der Waals surface area contributed by atoms with Crippen LogP contribution in [-0.4, -0.2) is 39.6 Å². The lowest BCUT2D eigenvalue weighted by Gasteiger charge is -2.37. The zero-order valence-corrected chi connectivity index (χ0v) is 23.6. The first-order chi connectivity index (χ1) is 19.2. The molecule has 1 aliphatic carbocycles. The van der Waals surface area contributed by atoms with E-state index in [2.05, 4.69) is 23.9 Å². The molecule has 9 nitrogen and oxygen atoms in total. The number of nitrogens with zero attached hydrogens (tertiary/aromatic N) is 4. The number of aromatic nitrogens is 4. The quantitative estimate of drug-likeness (QED) is 0.316. The van der Waals surface area contributed by atoms with E-state index in [1.807, 2.05) is 50.2 Å². The van der Waals surface area contributed by atoms with Crippen LogP contribution in [0.3, 0.4) is 0 Å². The lowest BCUT2D eigenvalue weighted by Crippen LogP contribution is -2.33. The summed E-state index contributed by atoms with van der Waals surface area (Å²) in [5.74, 6) is 3.13. The van der Waals surface area contributed by atoms with Crippen LogP contribution in [0, 0.1) is 19.3 Å². The minimum atomic E-state index is -0.463. The van der Waals surface area contributed by atoms with Crippen molar-refractivity contribution < 1.29 is 23.7 Å². The van der Waals surface area contributed by atoms with Crippen LogP contribution in [0.2, 0.25) is 0 Å². The van der Waals surface area contributed by atoms with Gasteiger partial charge >= 0.3 is 0 Å². The summed E-state index contributed by atoms with van der Waals surface area (Å²) < 4.78 is 25.1. The second-order valence-electron chi connectivity index (χ2n) is 11.2. The van der Waals surface area contributed by atoms with E-state index < -0.39 is 5.92 Å². The van der Waals surface area contributed by atoms with Crippen molar-refractivity contribution in [1.29, 1.82) is 0 Å². The fraction of sp³-hybridized carbons (Fsp3) is 0.355. The predicted octanol–water partition coefficient (Wildman–Crippen LogP) is 5.50. The highest BCUT2D eigenvalue weighted by Gasteiger charge is 2.44. The Morgan fingerprint density at radius 1 is 1.05 bits per heavy atom. The lowest BCUT2D eigenvalue weighted by atomic mass is 9.70. The largest absolute Gasteiger partial charge is 0.493 e. The number of carbonyl (C=O) groups excluding carboxylic acids is 1. The maximum Gasteiger partial charge on any atom is 0.228 e. The summed E-state index contributed by atoms with van der Waals surface area (Å²) in [6, 6.07) is 11.7. The molecule has 0 saturated carbocycles. The molecule has 6 rings (SSSR count). The number of benzene rings is 2. The molecule has 0 bridgehead atoms. The van der Waals surface area contributed by atoms with Gasteiger partial charge in [-0.05, 0) is 54.2 Å². The van der Waals surface area contributed by atoms with Gasteiger partial charge in [0.2, 0.25) is 5.88 Å². The Kier molecular flexibility index (Phi) is 6.24. The fourth-order valence-electron chi connectivity index (χ4n) is 5.64. The number of hydrogen-bond acceptors (Lipinski definition) is 8. The molecule has 0 amide bonds. The molecular formula is C31H32N4O5. The van der Waals surface area contributed by atoms with Gasteiger partial charge in [-0.15, -0.1) is 5.10 Å². The summed E-state index contributed by atoms with van der Waals surface area (Å²) in [7, 11) is 3.19. The van der Waals surface area contributed by atoms with Gasteiger partial charge in [-0.2, -0.15) is 0 Å². The van der Waals surface area contributed by atoms with E-state index in [4.69, 9.17) is 23.9 Å². The van der Waals surface area contributed by atoms with E-state index in [1.165, 1.54) is 0 Å². The van der Waals surface area contributed by atoms with Crippen LogP contribution in [0.4, 0.5) is 0 Å². The van der Waals surface area contributed by atoms with Crippen molar-refractivity contribution >= 4 is 11.4 Å². The molecule has 0 radical (unpaired) electrons. The first-order valence-corrected chi connectivity index (χ1v) is 13.3. The van der Waals surface area contributed by atoms with Gasteiger partial charge in [0.05, 0.1) is 25.7 Å². The van der Waals surface area contributed by atoms with E-state index in [1.54, 1.807) is 25.1 Å². The summed E-state index contributed by atoms with van der Waals surface area (Å²) in [6.45, 7) is 8.42. The number of Topliss-reactive ketones (excluding diaryl/α,β-unsaturated/α-hetero) is 1. The molecule has 0 spiro atoms. The Hall–Kier alpha value is -4.40. The first kappa shape index (κ1) is 25.9. The van der Waals surface area contributed by atoms with E-state index in [0.29, 0.717) is 58.6 Å². The van der Waals surface area contributed by atoms with Gasteiger partial charge in [-0.25, -0.2) is 14.5 Å². The molecule has 2 aliphatic rings. The molecule has 9 heteroatoms. The van der Waals surface area contributed by atoms with Crippen molar-refractivity contribution in [3.8, 4) is 23.1 Å². The molecular weight excluding hydrogens is 508 g/mol. The van der Waals surface area contributed by atoms with Crippen molar-refractivity contribution in [2.75, 3.05) is 14.2 Å².